The molecule has 12 heteroatoms. The molecular formula is C23H32O12. The van der Waals surface area contributed by atoms with Crippen LogP contribution in [-0.4, -0.2) is 105 Å². The molecule has 0 aliphatic carbocycles. The molecule has 0 aromatic heterocycles. The molecule has 2 saturated heterocycles. The highest BCUT2D eigenvalue weighted by Crippen LogP contribution is 2.32. The number of rotatable bonds is 10. The average Bonchev–Trinajstić information content (AvgIpc) is 3.12. The van der Waals surface area contributed by atoms with E-state index < -0.39 is 74.5 Å². The first-order chi connectivity index (χ1) is 16.7. The topological polar surface area (TPSA) is 185 Å². The lowest BCUT2D eigenvalue weighted by Gasteiger charge is -2.42. The van der Waals surface area contributed by atoms with E-state index in [0.717, 1.165) is 6.42 Å². The van der Waals surface area contributed by atoms with Gasteiger partial charge in [-0.1, -0.05) is 19.4 Å². The monoisotopic (exact) mass is 500 g/mol. The highest BCUT2D eigenvalue weighted by atomic mass is 16.8. The number of phenolic OH excluding ortho intramolecular Hbond substituents is 1. The minimum absolute atomic E-state index is 0.0123. The molecule has 3 rings (SSSR count). The molecule has 196 valence electrons. The number of unbranched alkanes of at least 4 members (excludes halogenated alkanes) is 1. The Morgan fingerprint density at radius 3 is 2.54 bits per heavy atom. The van der Waals surface area contributed by atoms with E-state index in [-0.39, 0.29) is 11.5 Å². The zero-order valence-electron chi connectivity index (χ0n) is 19.2. The van der Waals surface area contributed by atoms with Crippen LogP contribution in [0.15, 0.2) is 36.4 Å². The maximum atomic E-state index is 11.8. The molecule has 0 bridgehead atoms. The second kappa shape index (κ2) is 12.1. The molecule has 1 aromatic carbocycles. The Bertz CT molecular complexity index is 845. The van der Waals surface area contributed by atoms with Crippen molar-refractivity contribution in [3.05, 3.63) is 36.4 Å². The van der Waals surface area contributed by atoms with Crippen molar-refractivity contribution >= 4 is 5.97 Å². The molecule has 8 atom stereocenters. The molecule has 0 saturated carbocycles. The van der Waals surface area contributed by atoms with Gasteiger partial charge in [0.15, 0.2) is 18.0 Å². The molecular weight excluding hydrogens is 468 g/mol. The molecule has 12 nitrogen and oxygen atoms in total. The number of carbonyl (C=O) groups excluding carboxylic acids is 1. The van der Waals surface area contributed by atoms with Crippen LogP contribution in [0.3, 0.4) is 0 Å². The summed E-state index contributed by atoms with van der Waals surface area (Å²) < 4.78 is 27.2. The zero-order chi connectivity index (χ0) is 25.6. The van der Waals surface area contributed by atoms with Gasteiger partial charge in [0, 0.05) is 6.08 Å². The lowest BCUT2D eigenvalue weighted by atomic mass is 9.98. The van der Waals surface area contributed by atoms with Gasteiger partial charge in [-0.05, 0) is 30.7 Å². The third kappa shape index (κ3) is 6.68. The summed E-state index contributed by atoms with van der Waals surface area (Å²) in [7, 11) is 0. The van der Waals surface area contributed by atoms with E-state index in [9.17, 15) is 35.4 Å². The van der Waals surface area contributed by atoms with E-state index in [1.807, 2.05) is 6.92 Å². The summed E-state index contributed by atoms with van der Waals surface area (Å²) in [5.74, 6) is -0.490. The molecule has 0 radical (unpaired) electrons. The predicted octanol–water partition coefficient (Wildman–Crippen LogP) is -1.06. The molecule has 0 unspecified atom stereocenters. The van der Waals surface area contributed by atoms with Crippen molar-refractivity contribution in [2.45, 2.75) is 68.5 Å². The molecule has 35 heavy (non-hydrogen) atoms. The molecule has 0 amide bonds. The highest BCUT2D eigenvalue weighted by Gasteiger charge is 2.54. The van der Waals surface area contributed by atoms with E-state index in [1.165, 1.54) is 30.3 Å². The van der Waals surface area contributed by atoms with Gasteiger partial charge in [-0.2, -0.15) is 0 Å². The van der Waals surface area contributed by atoms with Gasteiger partial charge < -0.3 is 54.3 Å². The number of hydrogen-bond acceptors (Lipinski definition) is 12. The van der Waals surface area contributed by atoms with Crippen LogP contribution >= 0.6 is 0 Å². The Kier molecular flexibility index (Phi) is 9.44. The first kappa shape index (κ1) is 27.3. The number of hydrogen-bond donors (Lipinski definition) is 6. The van der Waals surface area contributed by atoms with Crippen LogP contribution in [-0.2, 0) is 23.7 Å². The summed E-state index contributed by atoms with van der Waals surface area (Å²) in [6, 6.07) is 5.55. The second-order valence-corrected chi connectivity index (χ2v) is 8.45. The molecule has 2 aliphatic heterocycles. The van der Waals surface area contributed by atoms with E-state index in [2.05, 4.69) is 0 Å². The number of ether oxygens (including phenoxy) is 5. The fourth-order valence-electron chi connectivity index (χ4n) is 3.60. The SMILES string of the molecule is CCC/C=C/C(=O)OC[C@@]1(O)CO[C@@H](O[C@H]2[C@H](Oc3ccc(O)cc3)O[C@H](CO)[C@@H](O)[C@@H]2O)[C@H]1O. The summed E-state index contributed by atoms with van der Waals surface area (Å²) in [4.78, 5) is 11.8. The predicted molar refractivity (Wildman–Crippen MR) is 117 cm³/mol. The van der Waals surface area contributed by atoms with E-state index >= 15 is 0 Å². The van der Waals surface area contributed by atoms with Crippen LogP contribution < -0.4 is 4.74 Å². The standard InChI is InChI=1S/C23H32O12/c1-2-3-4-5-16(26)31-11-23(30)12-32-22(20(23)29)35-19-18(28)17(27)15(10-24)34-21(19)33-14-8-6-13(25)7-9-14/h4-9,15,17-22,24-25,27-30H,2-3,10-12H2,1H3/b5-4+/t15-,17-,18+,19-,20-,21-,22+,23-/m1/s1. The number of phenols is 1. The minimum Gasteiger partial charge on any atom is -0.508 e. The number of esters is 1. The van der Waals surface area contributed by atoms with Crippen molar-refractivity contribution in [3.8, 4) is 11.5 Å². The normalized spacial score (nSPS) is 35.3. The van der Waals surface area contributed by atoms with Crippen molar-refractivity contribution < 1.29 is 59.1 Å². The van der Waals surface area contributed by atoms with E-state index in [1.54, 1.807) is 6.08 Å². The first-order valence-electron chi connectivity index (χ1n) is 11.3. The lowest BCUT2D eigenvalue weighted by Crippen LogP contribution is -2.62. The van der Waals surface area contributed by atoms with Gasteiger partial charge in [0.2, 0.25) is 6.29 Å². The fourth-order valence-corrected chi connectivity index (χ4v) is 3.60. The van der Waals surface area contributed by atoms with Crippen molar-refractivity contribution in [2.75, 3.05) is 19.8 Å². The van der Waals surface area contributed by atoms with Gasteiger partial charge in [-0.15, -0.1) is 0 Å². The van der Waals surface area contributed by atoms with Crippen LogP contribution in [0.5, 0.6) is 11.5 Å². The highest BCUT2D eigenvalue weighted by molar-refractivity contribution is 5.81. The molecule has 2 fully saturated rings. The smallest absolute Gasteiger partial charge is 0.330 e. The molecule has 2 aliphatic rings. The van der Waals surface area contributed by atoms with Crippen LogP contribution in [0.25, 0.3) is 0 Å². The third-order valence-electron chi connectivity index (χ3n) is 5.68. The van der Waals surface area contributed by atoms with Gasteiger partial charge in [0.1, 0.15) is 42.5 Å². The maximum Gasteiger partial charge on any atom is 0.330 e. The van der Waals surface area contributed by atoms with E-state index in [4.69, 9.17) is 23.7 Å². The van der Waals surface area contributed by atoms with Crippen molar-refractivity contribution in [3.63, 3.8) is 0 Å². The van der Waals surface area contributed by atoms with Gasteiger partial charge in [0.05, 0.1) is 13.2 Å². The van der Waals surface area contributed by atoms with Crippen molar-refractivity contribution in [1.29, 1.82) is 0 Å². The summed E-state index contributed by atoms with van der Waals surface area (Å²) in [6.45, 7) is 0.304. The number of aliphatic hydroxyl groups is 5. The molecule has 1 aromatic rings. The third-order valence-corrected chi connectivity index (χ3v) is 5.68. The number of carbonyl (C=O) groups is 1. The minimum atomic E-state index is -1.99. The molecule has 2 heterocycles. The quantitative estimate of drug-likeness (QED) is 0.169. The van der Waals surface area contributed by atoms with Crippen LogP contribution in [0.4, 0.5) is 0 Å². The summed E-state index contributed by atoms with van der Waals surface area (Å²) in [5.41, 5.74) is -1.99. The number of benzene rings is 1. The van der Waals surface area contributed by atoms with Gasteiger partial charge in [-0.25, -0.2) is 4.79 Å². The maximum absolute atomic E-state index is 11.8. The van der Waals surface area contributed by atoms with Crippen molar-refractivity contribution in [1.82, 2.24) is 0 Å². The number of aromatic hydroxyl groups is 1. The van der Waals surface area contributed by atoms with Crippen molar-refractivity contribution in [2.24, 2.45) is 0 Å². The zero-order valence-corrected chi connectivity index (χ0v) is 19.2. The fraction of sp³-hybridized carbons (Fsp3) is 0.609. The molecule has 0 spiro atoms. The van der Waals surface area contributed by atoms with Gasteiger partial charge >= 0.3 is 5.97 Å². The van der Waals surface area contributed by atoms with Crippen LogP contribution in [0.2, 0.25) is 0 Å². The Morgan fingerprint density at radius 2 is 1.89 bits per heavy atom. The number of aliphatic hydroxyl groups excluding tert-OH is 4. The number of allylic oxidation sites excluding steroid dienone is 1. The summed E-state index contributed by atoms with van der Waals surface area (Å²) >= 11 is 0. The molecule has 6 N–H and O–H groups in total. The lowest BCUT2D eigenvalue weighted by molar-refractivity contribution is -0.318. The Labute approximate surface area is 201 Å². The van der Waals surface area contributed by atoms with Gasteiger partial charge in [0.25, 0.3) is 0 Å². The average molecular weight is 500 g/mol. The Hall–Kier alpha value is -2.29. The largest absolute Gasteiger partial charge is 0.508 e. The summed E-state index contributed by atoms with van der Waals surface area (Å²) in [5, 5.41) is 61.2. The Balaban J connectivity index is 1.68. The Morgan fingerprint density at radius 1 is 1.17 bits per heavy atom. The van der Waals surface area contributed by atoms with E-state index in [0.29, 0.717) is 6.42 Å². The van der Waals surface area contributed by atoms with Gasteiger partial charge in [-0.3, -0.25) is 0 Å². The van der Waals surface area contributed by atoms with Crippen LogP contribution in [0, 0.1) is 0 Å². The van der Waals surface area contributed by atoms with Crippen LogP contribution in [0.1, 0.15) is 19.8 Å². The first-order valence-corrected chi connectivity index (χ1v) is 11.3. The second-order valence-electron chi connectivity index (χ2n) is 8.45. The summed E-state index contributed by atoms with van der Waals surface area (Å²) in [6.07, 6.45) is -5.99.